The van der Waals surface area contributed by atoms with E-state index in [9.17, 15) is 0 Å². The van der Waals surface area contributed by atoms with Crippen molar-refractivity contribution in [3.05, 3.63) is 22.4 Å². The first-order valence-corrected chi connectivity index (χ1v) is 5.94. The van der Waals surface area contributed by atoms with Crippen LogP contribution in [-0.2, 0) is 6.42 Å². The summed E-state index contributed by atoms with van der Waals surface area (Å²) in [5.74, 6) is 0.755. The average Bonchev–Trinajstić information content (AvgIpc) is 2.57. The highest BCUT2D eigenvalue weighted by molar-refractivity contribution is 7.09. The summed E-state index contributed by atoms with van der Waals surface area (Å²) < 4.78 is 0. The van der Waals surface area contributed by atoms with Crippen molar-refractivity contribution in [3.63, 3.8) is 0 Å². The molecule has 0 aliphatic heterocycles. The van der Waals surface area contributed by atoms with Crippen molar-refractivity contribution in [1.82, 2.24) is 5.32 Å². The third-order valence-corrected chi connectivity index (χ3v) is 2.95. The van der Waals surface area contributed by atoms with Crippen LogP contribution in [0.1, 0.15) is 25.1 Å². The highest BCUT2D eigenvalue weighted by Gasteiger charge is 2.03. The molecular weight excluding hydrogens is 178 g/mol. The maximum absolute atomic E-state index is 3.45. The zero-order valence-electron chi connectivity index (χ0n) is 8.55. The van der Waals surface area contributed by atoms with E-state index >= 15 is 0 Å². The minimum atomic E-state index is 0.755. The predicted octanol–water partition coefficient (Wildman–Crippen LogP) is 2.93. The zero-order valence-corrected chi connectivity index (χ0v) is 9.36. The van der Waals surface area contributed by atoms with Gasteiger partial charge in [-0.3, -0.25) is 0 Å². The summed E-state index contributed by atoms with van der Waals surface area (Å²) in [6, 6.07) is 4.35. The van der Waals surface area contributed by atoms with Gasteiger partial charge in [-0.2, -0.15) is 0 Å². The van der Waals surface area contributed by atoms with Gasteiger partial charge in [0.2, 0.25) is 0 Å². The van der Waals surface area contributed by atoms with Crippen molar-refractivity contribution in [2.75, 3.05) is 13.1 Å². The van der Waals surface area contributed by atoms with Gasteiger partial charge in [-0.25, -0.2) is 0 Å². The molecule has 0 radical (unpaired) electrons. The molecular formula is C11H19NS. The van der Waals surface area contributed by atoms with Gasteiger partial charge in [0.1, 0.15) is 0 Å². The van der Waals surface area contributed by atoms with E-state index in [1.54, 1.807) is 0 Å². The van der Waals surface area contributed by atoms with E-state index in [0.717, 1.165) is 19.0 Å². The van der Waals surface area contributed by atoms with Crippen LogP contribution in [0.3, 0.4) is 0 Å². The molecule has 1 nitrogen and oxygen atoms in total. The maximum Gasteiger partial charge on any atom is 0.00483 e. The normalized spacial score (nSPS) is 13.1. The molecule has 0 saturated heterocycles. The second-order valence-corrected chi connectivity index (χ2v) is 4.63. The summed E-state index contributed by atoms with van der Waals surface area (Å²) in [7, 11) is 0. The third-order valence-electron chi connectivity index (χ3n) is 2.05. The van der Waals surface area contributed by atoms with Gasteiger partial charge in [0.05, 0.1) is 0 Å². The largest absolute Gasteiger partial charge is 0.316 e. The van der Waals surface area contributed by atoms with Crippen LogP contribution in [0.15, 0.2) is 17.5 Å². The lowest BCUT2D eigenvalue weighted by Crippen LogP contribution is -2.22. The average molecular weight is 197 g/mol. The predicted molar refractivity (Wildman–Crippen MR) is 60.3 cm³/mol. The van der Waals surface area contributed by atoms with Gasteiger partial charge in [-0.05, 0) is 43.3 Å². The van der Waals surface area contributed by atoms with E-state index < -0.39 is 0 Å². The zero-order chi connectivity index (χ0) is 9.52. The van der Waals surface area contributed by atoms with Gasteiger partial charge in [0, 0.05) is 4.88 Å². The Labute approximate surface area is 85.2 Å². The Morgan fingerprint density at radius 3 is 3.00 bits per heavy atom. The Kier molecular flexibility index (Phi) is 5.09. The molecule has 1 aromatic heterocycles. The lowest BCUT2D eigenvalue weighted by molar-refractivity contribution is 0.513. The number of thiophene rings is 1. The number of nitrogens with one attached hydrogen (secondary N) is 1. The smallest absolute Gasteiger partial charge is 0.00483 e. The molecule has 74 valence electrons. The van der Waals surface area contributed by atoms with Gasteiger partial charge < -0.3 is 5.32 Å². The molecule has 13 heavy (non-hydrogen) atoms. The summed E-state index contributed by atoms with van der Waals surface area (Å²) in [5.41, 5.74) is 0. The van der Waals surface area contributed by atoms with E-state index in [4.69, 9.17) is 0 Å². The van der Waals surface area contributed by atoms with Crippen LogP contribution in [0.4, 0.5) is 0 Å². The van der Waals surface area contributed by atoms with Gasteiger partial charge in [-0.15, -0.1) is 11.3 Å². The molecule has 0 aliphatic carbocycles. The van der Waals surface area contributed by atoms with Crippen LogP contribution in [0.25, 0.3) is 0 Å². The van der Waals surface area contributed by atoms with Crippen molar-refractivity contribution in [3.8, 4) is 0 Å². The molecule has 1 atom stereocenters. The van der Waals surface area contributed by atoms with Crippen LogP contribution in [0.2, 0.25) is 0 Å². The molecule has 0 aliphatic rings. The molecule has 1 unspecified atom stereocenters. The summed E-state index contributed by atoms with van der Waals surface area (Å²) in [6.45, 7) is 6.81. The molecule has 2 heteroatoms. The fourth-order valence-electron chi connectivity index (χ4n) is 1.37. The topological polar surface area (TPSA) is 12.0 Å². The van der Waals surface area contributed by atoms with Crippen molar-refractivity contribution >= 4 is 11.3 Å². The summed E-state index contributed by atoms with van der Waals surface area (Å²) in [6.07, 6.45) is 2.44. The second kappa shape index (κ2) is 6.17. The minimum absolute atomic E-state index is 0.755. The summed E-state index contributed by atoms with van der Waals surface area (Å²) in [5, 5.41) is 5.61. The molecule has 1 aromatic rings. The number of hydrogen-bond acceptors (Lipinski definition) is 2. The molecule has 0 spiro atoms. The summed E-state index contributed by atoms with van der Waals surface area (Å²) >= 11 is 1.86. The lowest BCUT2D eigenvalue weighted by Gasteiger charge is -2.10. The first kappa shape index (κ1) is 10.7. The van der Waals surface area contributed by atoms with Crippen LogP contribution in [0, 0.1) is 5.92 Å². The summed E-state index contributed by atoms with van der Waals surface area (Å²) in [4.78, 5) is 1.51. The molecule has 0 saturated carbocycles. The van der Waals surface area contributed by atoms with Gasteiger partial charge >= 0.3 is 0 Å². The standard InChI is InChI=1S/C11H19NS/c1-3-6-12-9-10(2)8-11-5-4-7-13-11/h4-5,7,10,12H,3,6,8-9H2,1-2H3. The lowest BCUT2D eigenvalue weighted by atomic mass is 10.1. The Morgan fingerprint density at radius 1 is 1.54 bits per heavy atom. The van der Waals surface area contributed by atoms with Crippen LogP contribution in [-0.4, -0.2) is 13.1 Å². The Bertz CT molecular complexity index is 206. The molecule has 0 aromatic carbocycles. The first-order chi connectivity index (χ1) is 6.33. The Hall–Kier alpha value is -0.340. The maximum atomic E-state index is 3.45. The Balaban J connectivity index is 2.14. The first-order valence-electron chi connectivity index (χ1n) is 5.06. The molecule has 1 N–H and O–H groups in total. The van der Waals surface area contributed by atoms with Crippen LogP contribution < -0.4 is 5.32 Å². The van der Waals surface area contributed by atoms with Crippen molar-refractivity contribution in [2.24, 2.45) is 5.92 Å². The minimum Gasteiger partial charge on any atom is -0.316 e. The van der Waals surface area contributed by atoms with Crippen LogP contribution >= 0.6 is 11.3 Å². The Morgan fingerprint density at radius 2 is 2.38 bits per heavy atom. The quantitative estimate of drug-likeness (QED) is 0.691. The molecule has 0 bridgehead atoms. The van der Waals surface area contributed by atoms with Crippen molar-refractivity contribution in [2.45, 2.75) is 26.7 Å². The second-order valence-electron chi connectivity index (χ2n) is 3.59. The van der Waals surface area contributed by atoms with Gasteiger partial charge in [-0.1, -0.05) is 19.9 Å². The third kappa shape index (κ3) is 4.44. The van der Waals surface area contributed by atoms with E-state index in [2.05, 4.69) is 36.7 Å². The number of hydrogen-bond donors (Lipinski definition) is 1. The van der Waals surface area contributed by atoms with E-state index in [1.807, 2.05) is 11.3 Å². The van der Waals surface area contributed by atoms with Crippen molar-refractivity contribution < 1.29 is 0 Å². The highest BCUT2D eigenvalue weighted by Crippen LogP contribution is 2.13. The van der Waals surface area contributed by atoms with Gasteiger partial charge in [0.15, 0.2) is 0 Å². The van der Waals surface area contributed by atoms with E-state index in [1.165, 1.54) is 17.7 Å². The van der Waals surface area contributed by atoms with Crippen molar-refractivity contribution in [1.29, 1.82) is 0 Å². The van der Waals surface area contributed by atoms with Gasteiger partial charge in [0.25, 0.3) is 0 Å². The molecule has 0 amide bonds. The fourth-order valence-corrected chi connectivity index (χ4v) is 2.24. The molecule has 0 fully saturated rings. The monoisotopic (exact) mass is 197 g/mol. The SMILES string of the molecule is CCCNCC(C)Cc1cccs1. The molecule has 1 heterocycles. The number of rotatable bonds is 6. The fraction of sp³-hybridized carbons (Fsp3) is 0.636. The van der Waals surface area contributed by atoms with E-state index in [-0.39, 0.29) is 0 Å². The highest BCUT2D eigenvalue weighted by atomic mass is 32.1. The van der Waals surface area contributed by atoms with Crippen LogP contribution in [0.5, 0.6) is 0 Å². The molecule has 1 rings (SSSR count). The van der Waals surface area contributed by atoms with E-state index in [0.29, 0.717) is 0 Å².